The number of aromatic nitrogens is 2. The molecule has 0 bridgehead atoms. The van der Waals surface area contributed by atoms with Gasteiger partial charge in [0.2, 0.25) is 0 Å². The van der Waals surface area contributed by atoms with E-state index in [1.165, 1.54) is 18.4 Å². The van der Waals surface area contributed by atoms with Crippen LogP contribution in [0, 0.1) is 0 Å². The van der Waals surface area contributed by atoms with Crippen molar-refractivity contribution < 1.29 is 19.4 Å². The van der Waals surface area contributed by atoms with Crippen LogP contribution in [0.1, 0.15) is 46.4 Å². The van der Waals surface area contributed by atoms with Crippen molar-refractivity contribution in [3.8, 4) is 11.3 Å². The van der Waals surface area contributed by atoms with Crippen LogP contribution in [0.5, 0.6) is 0 Å². The molecule has 4 aromatic rings. The third-order valence-electron chi connectivity index (χ3n) is 5.91. The molecular formula is C27H26N2O4S. The number of ether oxygens (including phenoxy) is 1. The molecule has 6 nitrogen and oxygen atoms in total. The lowest BCUT2D eigenvalue weighted by molar-refractivity contribution is -0.133. The van der Waals surface area contributed by atoms with Gasteiger partial charge in [0.1, 0.15) is 5.82 Å². The van der Waals surface area contributed by atoms with Gasteiger partial charge in [0, 0.05) is 18.5 Å². The smallest absolute Gasteiger partial charge is 0.338 e. The number of esters is 1. The van der Waals surface area contributed by atoms with Crippen molar-refractivity contribution in [2.45, 2.75) is 32.7 Å². The molecule has 0 aliphatic heterocycles. The zero-order valence-corrected chi connectivity index (χ0v) is 20.0. The Morgan fingerprint density at radius 1 is 1.15 bits per heavy atom. The molecule has 0 unspecified atom stereocenters. The van der Waals surface area contributed by atoms with Crippen LogP contribution in [-0.4, -0.2) is 33.7 Å². The molecule has 0 saturated heterocycles. The van der Waals surface area contributed by atoms with Crippen LogP contribution in [0.4, 0.5) is 0 Å². The van der Waals surface area contributed by atoms with Crippen molar-refractivity contribution in [3.05, 3.63) is 82.4 Å². The topological polar surface area (TPSA) is 81.4 Å². The van der Waals surface area contributed by atoms with Gasteiger partial charge in [0.05, 0.1) is 35.0 Å². The van der Waals surface area contributed by atoms with Crippen molar-refractivity contribution in [3.63, 3.8) is 0 Å². The Balaban J connectivity index is 1.84. The van der Waals surface area contributed by atoms with Gasteiger partial charge in [0.15, 0.2) is 0 Å². The van der Waals surface area contributed by atoms with Crippen LogP contribution < -0.4 is 0 Å². The van der Waals surface area contributed by atoms with Gasteiger partial charge >= 0.3 is 11.9 Å². The lowest BCUT2D eigenvalue weighted by atomic mass is 9.99. The van der Waals surface area contributed by atoms with E-state index in [0.717, 1.165) is 52.2 Å². The molecule has 0 spiro atoms. The second-order valence-corrected chi connectivity index (χ2v) is 8.92. The number of hydrogen-bond acceptors (Lipinski definition) is 5. The first-order chi connectivity index (χ1) is 16.5. The van der Waals surface area contributed by atoms with E-state index in [2.05, 4.69) is 18.1 Å². The molecular weight excluding hydrogens is 448 g/mol. The summed E-state index contributed by atoms with van der Waals surface area (Å²) >= 11 is 1.44. The number of hydrogen-bond donors (Lipinski definition) is 1. The van der Waals surface area contributed by atoms with Crippen LogP contribution in [0.2, 0.25) is 0 Å². The number of thiophene rings is 1. The number of unbranched alkanes of at least 4 members (excludes halogenated alkanes) is 1. The Morgan fingerprint density at radius 2 is 1.91 bits per heavy atom. The number of nitrogens with zero attached hydrogens (tertiary/aromatic N) is 2. The molecule has 0 radical (unpaired) electrons. The summed E-state index contributed by atoms with van der Waals surface area (Å²) in [5.74, 6) is -0.459. The van der Waals surface area contributed by atoms with Gasteiger partial charge in [-0.3, -0.25) is 0 Å². The SMILES string of the molecule is C=C(C(=O)OC)c1sccc1-c1cnc(CCCC)n1Cc1ccc(C(=O)O)c2ccccc12. The summed E-state index contributed by atoms with van der Waals surface area (Å²) in [6, 6.07) is 13.1. The average molecular weight is 475 g/mol. The zero-order chi connectivity index (χ0) is 24.2. The maximum absolute atomic E-state index is 12.2. The fourth-order valence-electron chi connectivity index (χ4n) is 4.16. The molecule has 1 N–H and O–H groups in total. The minimum atomic E-state index is -0.945. The normalized spacial score (nSPS) is 11.0. The second kappa shape index (κ2) is 10.1. The monoisotopic (exact) mass is 474 g/mol. The van der Waals surface area contributed by atoms with Crippen molar-refractivity contribution in [2.24, 2.45) is 0 Å². The molecule has 7 heteroatoms. The number of rotatable bonds is 9. The van der Waals surface area contributed by atoms with Crippen molar-refractivity contribution in [1.29, 1.82) is 0 Å². The molecule has 0 atom stereocenters. The number of methoxy groups -OCH3 is 1. The molecule has 4 rings (SSSR count). The molecule has 0 aliphatic carbocycles. The minimum Gasteiger partial charge on any atom is -0.478 e. The largest absolute Gasteiger partial charge is 0.478 e. The molecule has 0 saturated carbocycles. The van der Waals surface area contributed by atoms with Gasteiger partial charge in [-0.25, -0.2) is 14.6 Å². The Labute approximate surface area is 202 Å². The van der Waals surface area contributed by atoms with Crippen molar-refractivity contribution >= 4 is 39.6 Å². The molecule has 34 heavy (non-hydrogen) atoms. The Hall–Kier alpha value is -3.71. The maximum atomic E-state index is 12.2. The third kappa shape index (κ3) is 4.39. The summed E-state index contributed by atoms with van der Waals surface area (Å²) in [5.41, 5.74) is 3.36. The first kappa shape index (κ1) is 23.4. The number of carboxylic acid groups (broad SMARTS) is 1. The molecule has 2 heterocycles. The van der Waals surface area contributed by atoms with Crippen molar-refractivity contribution in [1.82, 2.24) is 9.55 Å². The lowest BCUT2D eigenvalue weighted by Crippen LogP contribution is -2.09. The summed E-state index contributed by atoms with van der Waals surface area (Å²) in [6.45, 7) is 6.61. The minimum absolute atomic E-state index is 0.283. The number of carbonyl (C=O) groups is 2. The van der Waals surface area contributed by atoms with Gasteiger partial charge in [0.25, 0.3) is 0 Å². The molecule has 0 amide bonds. The molecule has 2 aromatic heterocycles. The highest BCUT2D eigenvalue weighted by Gasteiger charge is 2.21. The summed E-state index contributed by atoms with van der Waals surface area (Å²) < 4.78 is 7.05. The standard InChI is InChI=1S/C27H26N2O4S/c1-4-5-10-24-28-15-23(22-13-14-34-25(22)17(2)27(32)33-3)29(24)16-18-11-12-21(26(30)31)20-9-7-6-8-19(18)20/h6-9,11-15H,2,4-5,10,16H2,1,3H3,(H,30,31). The van der Waals surface area contributed by atoms with Crippen molar-refractivity contribution in [2.75, 3.05) is 7.11 Å². The van der Waals surface area contributed by atoms with Crippen LogP contribution in [0.25, 0.3) is 27.6 Å². The number of aryl methyl sites for hydroxylation is 1. The van der Waals surface area contributed by atoms with E-state index >= 15 is 0 Å². The van der Waals surface area contributed by atoms with Gasteiger partial charge in [-0.2, -0.15) is 0 Å². The maximum Gasteiger partial charge on any atom is 0.338 e. The molecule has 0 aliphatic rings. The number of imidazole rings is 1. The fraction of sp³-hybridized carbons (Fsp3) is 0.222. The summed E-state index contributed by atoms with van der Waals surface area (Å²) in [5, 5.41) is 13.2. The van der Waals surface area contributed by atoms with Crippen LogP contribution in [-0.2, 0) is 22.5 Å². The lowest BCUT2D eigenvalue weighted by Gasteiger charge is -2.15. The highest BCUT2D eigenvalue weighted by molar-refractivity contribution is 7.12. The summed E-state index contributed by atoms with van der Waals surface area (Å²) in [7, 11) is 1.35. The number of carboxylic acids is 1. The first-order valence-corrected chi connectivity index (χ1v) is 12.0. The van der Waals surface area contributed by atoms with E-state index in [-0.39, 0.29) is 5.56 Å². The summed E-state index contributed by atoms with van der Waals surface area (Å²) in [6.07, 6.45) is 4.70. The quantitative estimate of drug-likeness (QED) is 0.236. The van der Waals surface area contributed by atoms with E-state index in [1.54, 1.807) is 6.07 Å². The van der Waals surface area contributed by atoms with E-state index in [0.29, 0.717) is 17.5 Å². The number of benzene rings is 2. The Morgan fingerprint density at radius 3 is 2.62 bits per heavy atom. The van der Waals surface area contributed by atoms with E-state index in [4.69, 9.17) is 9.72 Å². The number of aromatic carboxylic acids is 1. The van der Waals surface area contributed by atoms with Crippen LogP contribution in [0.3, 0.4) is 0 Å². The van der Waals surface area contributed by atoms with Crippen LogP contribution >= 0.6 is 11.3 Å². The predicted molar refractivity (Wildman–Crippen MR) is 135 cm³/mol. The first-order valence-electron chi connectivity index (χ1n) is 11.1. The Bertz CT molecular complexity index is 1380. The van der Waals surface area contributed by atoms with Crippen LogP contribution in [0.15, 0.2) is 60.6 Å². The number of carbonyl (C=O) groups excluding carboxylic acids is 1. The Kier molecular flexibility index (Phi) is 6.93. The second-order valence-electron chi connectivity index (χ2n) is 8.01. The third-order valence-corrected chi connectivity index (χ3v) is 6.89. The van der Waals surface area contributed by atoms with E-state index in [9.17, 15) is 14.7 Å². The average Bonchev–Trinajstić information content (AvgIpc) is 3.48. The fourth-order valence-corrected chi connectivity index (χ4v) is 5.02. The molecule has 0 fully saturated rings. The zero-order valence-electron chi connectivity index (χ0n) is 19.2. The van der Waals surface area contributed by atoms with Gasteiger partial charge < -0.3 is 14.4 Å². The highest BCUT2D eigenvalue weighted by Crippen LogP contribution is 2.35. The van der Waals surface area contributed by atoms with Gasteiger partial charge in [-0.05, 0) is 40.3 Å². The highest BCUT2D eigenvalue weighted by atomic mass is 32.1. The van der Waals surface area contributed by atoms with Gasteiger partial charge in [-0.15, -0.1) is 11.3 Å². The summed E-state index contributed by atoms with van der Waals surface area (Å²) in [4.78, 5) is 29.4. The van der Waals surface area contributed by atoms with E-state index < -0.39 is 11.9 Å². The number of fused-ring (bicyclic) bond motifs is 1. The van der Waals surface area contributed by atoms with E-state index in [1.807, 2.05) is 48.0 Å². The molecule has 2 aromatic carbocycles. The molecule has 174 valence electrons. The predicted octanol–water partition coefficient (Wildman–Crippen LogP) is 6.04. The van der Waals surface area contributed by atoms with Gasteiger partial charge in [-0.1, -0.05) is 50.3 Å².